The molecular formula is C16H23NO4. The molecule has 0 bridgehead atoms. The quantitative estimate of drug-likeness (QED) is 0.780. The van der Waals surface area contributed by atoms with Gasteiger partial charge in [0.05, 0.1) is 13.7 Å². The topological polar surface area (TPSA) is 49.0 Å². The standard InChI is InChI=1S/C16H23NO4/c1-12(11-17-4-5-18-2)8-13-9-14(19-3)16-15(10-13)20-6-7-21-16/h8-10,17H,4-7,11H2,1-3H3. The maximum atomic E-state index is 5.63. The summed E-state index contributed by atoms with van der Waals surface area (Å²) in [6.45, 7) is 5.59. The first kappa shape index (κ1) is 15.7. The molecule has 1 aromatic carbocycles. The summed E-state index contributed by atoms with van der Waals surface area (Å²) in [4.78, 5) is 0. The predicted octanol–water partition coefficient (Wildman–Crippen LogP) is 2.11. The fourth-order valence-electron chi connectivity index (χ4n) is 2.17. The highest BCUT2D eigenvalue weighted by molar-refractivity contribution is 5.63. The van der Waals surface area contributed by atoms with E-state index >= 15 is 0 Å². The zero-order chi connectivity index (χ0) is 15.1. The highest BCUT2D eigenvalue weighted by Crippen LogP contribution is 2.40. The number of benzene rings is 1. The molecule has 2 rings (SSSR count). The molecule has 1 aromatic rings. The van der Waals surface area contributed by atoms with Gasteiger partial charge in [-0.3, -0.25) is 0 Å². The van der Waals surface area contributed by atoms with Crippen LogP contribution in [0.5, 0.6) is 17.2 Å². The van der Waals surface area contributed by atoms with Crippen molar-refractivity contribution in [3.8, 4) is 17.2 Å². The minimum absolute atomic E-state index is 0.557. The maximum Gasteiger partial charge on any atom is 0.203 e. The van der Waals surface area contributed by atoms with Crippen molar-refractivity contribution in [1.29, 1.82) is 0 Å². The fraction of sp³-hybridized carbons (Fsp3) is 0.500. The molecule has 0 unspecified atom stereocenters. The van der Waals surface area contributed by atoms with Gasteiger partial charge in [0.15, 0.2) is 11.5 Å². The van der Waals surface area contributed by atoms with Crippen molar-refractivity contribution >= 4 is 6.08 Å². The van der Waals surface area contributed by atoms with E-state index in [0.717, 1.165) is 24.4 Å². The van der Waals surface area contributed by atoms with Gasteiger partial charge in [0.2, 0.25) is 5.75 Å². The van der Waals surface area contributed by atoms with Gasteiger partial charge in [-0.25, -0.2) is 0 Å². The molecule has 0 saturated carbocycles. The van der Waals surface area contributed by atoms with Crippen LogP contribution in [0.25, 0.3) is 6.08 Å². The molecule has 0 spiro atoms. The Morgan fingerprint density at radius 1 is 1.29 bits per heavy atom. The van der Waals surface area contributed by atoms with Gasteiger partial charge < -0.3 is 24.3 Å². The number of nitrogens with one attached hydrogen (secondary N) is 1. The van der Waals surface area contributed by atoms with E-state index < -0.39 is 0 Å². The van der Waals surface area contributed by atoms with Gasteiger partial charge in [-0.1, -0.05) is 11.6 Å². The molecule has 0 saturated heterocycles. The summed E-state index contributed by atoms with van der Waals surface area (Å²) in [5.41, 5.74) is 2.27. The Bertz CT molecular complexity index is 482. The van der Waals surface area contributed by atoms with E-state index in [-0.39, 0.29) is 0 Å². The average molecular weight is 293 g/mol. The first-order chi connectivity index (χ1) is 10.2. The summed E-state index contributed by atoms with van der Waals surface area (Å²) in [7, 11) is 3.34. The highest BCUT2D eigenvalue weighted by Gasteiger charge is 2.17. The molecule has 0 aliphatic carbocycles. The summed E-state index contributed by atoms with van der Waals surface area (Å²) in [6, 6.07) is 3.95. The third kappa shape index (κ3) is 4.37. The zero-order valence-electron chi connectivity index (χ0n) is 12.9. The molecule has 1 aliphatic heterocycles. The van der Waals surface area contributed by atoms with Crippen molar-refractivity contribution in [2.45, 2.75) is 6.92 Å². The Morgan fingerprint density at radius 3 is 2.86 bits per heavy atom. The van der Waals surface area contributed by atoms with E-state index in [1.807, 2.05) is 12.1 Å². The first-order valence-electron chi connectivity index (χ1n) is 7.09. The first-order valence-corrected chi connectivity index (χ1v) is 7.09. The third-order valence-electron chi connectivity index (χ3n) is 3.15. The minimum atomic E-state index is 0.557. The Kier molecular flexibility index (Phi) is 5.90. The number of rotatable bonds is 7. The van der Waals surface area contributed by atoms with E-state index in [4.69, 9.17) is 18.9 Å². The predicted molar refractivity (Wildman–Crippen MR) is 82.4 cm³/mol. The highest BCUT2D eigenvalue weighted by atomic mass is 16.6. The molecule has 116 valence electrons. The lowest BCUT2D eigenvalue weighted by Gasteiger charge is -2.21. The summed E-state index contributed by atoms with van der Waals surface area (Å²) >= 11 is 0. The summed E-state index contributed by atoms with van der Waals surface area (Å²) in [5.74, 6) is 2.14. The number of fused-ring (bicyclic) bond motifs is 1. The molecule has 1 N–H and O–H groups in total. The number of methoxy groups -OCH3 is 2. The van der Waals surface area contributed by atoms with Crippen LogP contribution in [0.3, 0.4) is 0 Å². The second-order valence-electron chi connectivity index (χ2n) is 4.91. The van der Waals surface area contributed by atoms with Crippen molar-refractivity contribution in [2.75, 3.05) is 47.1 Å². The van der Waals surface area contributed by atoms with Gasteiger partial charge in [-0.05, 0) is 24.6 Å². The van der Waals surface area contributed by atoms with E-state index in [1.165, 1.54) is 5.57 Å². The van der Waals surface area contributed by atoms with Gasteiger partial charge in [0.1, 0.15) is 13.2 Å². The van der Waals surface area contributed by atoms with Gasteiger partial charge in [0.25, 0.3) is 0 Å². The maximum absolute atomic E-state index is 5.63. The second kappa shape index (κ2) is 7.90. The van der Waals surface area contributed by atoms with Gasteiger partial charge in [-0.15, -0.1) is 0 Å². The number of hydrogen-bond acceptors (Lipinski definition) is 5. The Morgan fingerprint density at radius 2 is 2.10 bits per heavy atom. The summed E-state index contributed by atoms with van der Waals surface area (Å²) in [6.07, 6.45) is 2.11. The monoisotopic (exact) mass is 293 g/mol. The SMILES string of the molecule is COCCNCC(C)=Cc1cc(OC)c2c(c1)OCCO2. The van der Waals surface area contributed by atoms with Crippen LogP contribution in [0.1, 0.15) is 12.5 Å². The molecule has 0 aromatic heterocycles. The molecule has 1 heterocycles. The molecule has 5 heteroatoms. The molecule has 5 nitrogen and oxygen atoms in total. The largest absolute Gasteiger partial charge is 0.493 e. The van der Waals surface area contributed by atoms with E-state index in [9.17, 15) is 0 Å². The van der Waals surface area contributed by atoms with Crippen LogP contribution in [0.4, 0.5) is 0 Å². The molecule has 21 heavy (non-hydrogen) atoms. The Hall–Kier alpha value is -1.72. The Balaban J connectivity index is 2.08. The van der Waals surface area contributed by atoms with Crippen LogP contribution in [-0.4, -0.2) is 47.1 Å². The number of hydrogen-bond donors (Lipinski definition) is 1. The van der Waals surface area contributed by atoms with Crippen molar-refractivity contribution in [2.24, 2.45) is 0 Å². The number of ether oxygens (including phenoxy) is 4. The van der Waals surface area contributed by atoms with Crippen LogP contribution < -0.4 is 19.5 Å². The van der Waals surface area contributed by atoms with Gasteiger partial charge in [0, 0.05) is 20.2 Å². The molecule has 1 aliphatic rings. The third-order valence-corrected chi connectivity index (χ3v) is 3.15. The van der Waals surface area contributed by atoms with Crippen LogP contribution in [0.2, 0.25) is 0 Å². The molecule has 0 amide bonds. The lowest BCUT2D eigenvalue weighted by Crippen LogP contribution is -2.20. The van der Waals surface area contributed by atoms with Crippen LogP contribution in [-0.2, 0) is 4.74 Å². The van der Waals surface area contributed by atoms with Gasteiger partial charge >= 0.3 is 0 Å². The van der Waals surface area contributed by atoms with Crippen LogP contribution in [0.15, 0.2) is 17.7 Å². The Labute approximate surface area is 125 Å². The minimum Gasteiger partial charge on any atom is -0.493 e. The lowest BCUT2D eigenvalue weighted by molar-refractivity contribution is 0.165. The van der Waals surface area contributed by atoms with Crippen molar-refractivity contribution < 1.29 is 18.9 Å². The molecule has 0 atom stereocenters. The molecular weight excluding hydrogens is 270 g/mol. The van der Waals surface area contributed by atoms with Crippen molar-refractivity contribution in [3.63, 3.8) is 0 Å². The molecule has 0 radical (unpaired) electrons. The van der Waals surface area contributed by atoms with E-state index in [1.54, 1.807) is 14.2 Å². The normalized spacial score (nSPS) is 14.1. The van der Waals surface area contributed by atoms with Crippen LogP contribution in [0, 0.1) is 0 Å². The van der Waals surface area contributed by atoms with Crippen molar-refractivity contribution in [3.05, 3.63) is 23.3 Å². The second-order valence-corrected chi connectivity index (χ2v) is 4.91. The van der Waals surface area contributed by atoms with Gasteiger partial charge in [-0.2, -0.15) is 0 Å². The van der Waals surface area contributed by atoms with Crippen molar-refractivity contribution in [1.82, 2.24) is 5.32 Å². The average Bonchev–Trinajstić information content (AvgIpc) is 2.50. The van der Waals surface area contributed by atoms with E-state index in [2.05, 4.69) is 18.3 Å². The zero-order valence-corrected chi connectivity index (χ0v) is 12.9. The fourth-order valence-corrected chi connectivity index (χ4v) is 2.17. The summed E-state index contributed by atoms with van der Waals surface area (Å²) < 4.78 is 21.6. The van der Waals surface area contributed by atoms with E-state index in [0.29, 0.717) is 31.3 Å². The smallest absolute Gasteiger partial charge is 0.203 e. The lowest BCUT2D eigenvalue weighted by atomic mass is 10.1. The molecule has 0 fully saturated rings. The van der Waals surface area contributed by atoms with Crippen LogP contribution >= 0.6 is 0 Å². The summed E-state index contributed by atoms with van der Waals surface area (Å²) in [5, 5.41) is 3.32.